The van der Waals surface area contributed by atoms with Crippen molar-refractivity contribution in [3.05, 3.63) is 29.3 Å². The Bertz CT molecular complexity index is 514. The molecule has 0 saturated carbocycles. The minimum atomic E-state index is -3.44. The van der Waals surface area contributed by atoms with Gasteiger partial charge < -0.3 is 9.47 Å². The van der Waals surface area contributed by atoms with E-state index in [-0.39, 0.29) is 0 Å². The van der Waals surface area contributed by atoms with Crippen molar-refractivity contribution in [1.29, 1.82) is 0 Å². The lowest BCUT2D eigenvalue weighted by Gasteiger charge is -2.10. The van der Waals surface area contributed by atoms with Crippen LogP contribution in [0.15, 0.2) is 23.1 Å². The van der Waals surface area contributed by atoms with Gasteiger partial charge in [-0.3, -0.25) is 0 Å². The van der Waals surface area contributed by atoms with Gasteiger partial charge in [0.05, 0.1) is 18.1 Å². The van der Waals surface area contributed by atoms with Crippen molar-refractivity contribution in [2.75, 3.05) is 33.5 Å². The molecule has 1 N–H and O–H groups in total. The van der Waals surface area contributed by atoms with Crippen LogP contribution in [0.4, 0.5) is 0 Å². The molecule has 0 fully saturated rings. The third-order valence-corrected chi connectivity index (χ3v) is 4.43. The highest BCUT2D eigenvalue weighted by atomic mass is 32.2. The van der Waals surface area contributed by atoms with Crippen LogP contribution in [0.3, 0.4) is 0 Å². The summed E-state index contributed by atoms with van der Waals surface area (Å²) in [5.41, 5.74) is 1.81. The van der Waals surface area contributed by atoms with Crippen molar-refractivity contribution in [3.63, 3.8) is 0 Å². The topological polar surface area (TPSA) is 64.6 Å². The van der Waals surface area contributed by atoms with Crippen molar-refractivity contribution in [2.24, 2.45) is 0 Å². The van der Waals surface area contributed by atoms with E-state index in [0.717, 1.165) is 11.1 Å². The lowest BCUT2D eigenvalue weighted by atomic mass is 10.2. The first-order chi connectivity index (χ1) is 9.47. The summed E-state index contributed by atoms with van der Waals surface area (Å²) in [5.74, 6) is 0. The van der Waals surface area contributed by atoms with Crippen LogP contribution in [0.25, 0.3) is 0 Å². The van der Waals surface area contributed by atoms with Gasteiger partial charge in [-0.15, -0.1) is 0 Å². The van der Waals surface area contributed by atoms with E-state index in [1.165, 1.54) is 0 Å². The van der Waals surface area contributed by atoms with Gasteiger partial charge in [0.15, 0.2) is 0 Å². The van der Waals surface area contributed by atoms with Gasteiger partial charge in [0.2, 0.25) is 10.0 Å². The maximum absolute atomic E-state index is 12.1. The normalized spacial score (nSPS) is 11.8. The number of ether oxygens (including phenoxy) is 2. The minimum Gasteiger partial charge on any atom is -0.382 e. The van der Waals surface area contributed by atoms with E-state index >= 15 is 0 Å². The molecule has 1 aromatic rings. The lowest BCUT2D eigenvalue weighted by Crippen LogP contribution is -2.26. The number of aryl methyl sites for hydroxylation is 2. The van der Waals surface area contributed by atoms with Crippen LogP contribution in [-0.4, -0.2) is 41.9 Å². The zero-order valence-electron chi connectivity index (χ0n) is 12.3. The summed E-state index contributed by atoms with van der Waals surface area (Å²) in [6.45, 7) is 5.69. The molecular weight excluding hydrogens is 278 g/mol. The van der Waals surface area contributed by atoms with E-state index in [9.17, 15) is 8.42 Å². The molecule has 0 bridgehead atoms. The van der Waals surface area contributed by atoms with Gasteiger partial charge in [-0.25, -0.2) is 13.1 Å². The van der Waals surface area contributed by atoms with E-state index in [4.69, 9.17) is 9.47 Å². The summed E-state index contributed by atoms with van der Waals surface area (Å²) in [7, 11) is -1.82. The summed E-state index contributed by atoms with van der Waals surface area (Å²) >= 11 is 0. The predicted octanol–water partition coefficient (Wildman–Crippen LogP) is 1.63. The second-order valence-corrected chi connectivity index (χ2v) is 6.36. The number of hydrogen-bond acceptors (Lipinski definition) is 4. The molecule has 6 heteroatoms. The fraction of sp³-hybridized carbons (Fsp3) is 0.571. The number of nitrogens with one attached hydrogen (secondary N) is 1. The van der Waals surface area contributed by atoms with Crippen molar-refractivity contribution >= 4 is 10.0 Å². The van der Waals surface area contributed by atoms with Crippen LogP contribution >= 0.6 is 0 Å². The first kappa shape index (κ1) is 17.1. The van der Waals surface area contributed by atoms with Crippen LogP contribution in [0, 0.1) is 13.8 Å². The van der Waals surface area contributed by atoms with Crippen LogP contribution in [-0.2, 0) is 19.5 Å². The van der Waals surface area contributed by atoms with E-state index in [2.05, 4.69) is 4.72 Å². The highest BCUT2D eigenvalue weighted by Gasteiger charge is 2.15. The molecule has 0 unspecified atom stereocenters. The van der Waals surface area contributed by atoms with Crippen molar-refractivity contribution in [3.8, 4) is 0 Å². The maximum Gasteiger partial charge on any atom is 0.240 e. The largest absolute Gasteiger partial charge is 0.382 e. The molecule has 0 radical (unpaired) electrons. The molecule has 0 aliphatic carbocycles. The zero-order valence-corrected chi connectivity index (χ0v) is 13.1. The summed E-state index contributed by atoms with van der Waals surface area (Å²) in [6, 6.07) is 5.31. The van der Waals surface area contributed by atoms with Crippen LogP contribution in [0.2, 0.25) is 0 Å². The predicted molar refractivity (Wildman–Crippen MR) is 78.4 cm³/mol. The van der Waals surface area contributed by atoms with Gasteiger partial charge in [0.1, 0.15) is 0 Å². The molecule has 0 spiro atoms. The molecular formula is C14H23NO4S. The molecule has 1 rings (SSSR count). The first-order valence-electron chi connectivity index (χ1n) is 6.61. The van der Waals surface area contributed by atoms with Gasteiger partial charge in [-0.05, 0) is 31.9 Å². The van der Waals surface area contributed by atoms with Gasteiger partial charge >= 0.3 is 0 Å². The molecule has 20 heavy (non-hydrogen) atoms. The summed E-state index contributed by atoms with van der Waals surface area (Å²) in [5, 5.41) is 0. The SMILES string of the molecule is COCCOCCCNS(=O)(=O)c1ccc(C)cc1C. The molecule has 1 aromatic carbocycles. The minimum absolute atomic E-state index is 0.336. The molecule has 114 valence electrons. The third-order valence-electron chi connectivity index (χ3n) is 2.81. The Labute approximate surface area is 121 Å². The van der Waals surface area contributed by atoms with E-state index in [0.29, 0.717) is 37.7 Å². The number of rotatable bonds is 9. The molecule has 0 aromatic heterocycles. The van der Waals surface area contributed by atoms with Crippen LogP contribution in [0.5, 0.6) is 0 Å². The highest BCUT2D eigenvalue weighted by molar-refractivity contribution is 7.89. The van der Waals surface area contributed by atoms with Gasteiger partial charge in [-0.2, -0.15) is 0 Å². The Kier molecular flexibility index (Phi) is 7.15. The van der Waals surface area contributed by atoms with Crippen LogP contribution < -0.4 is 4.72 Å². The highest BCUT2D eigenvalue weighted by Crippen LogP contribution is 2.15. The molecule has 0 aliphatic heterocycles. The Morgan fingerprint density at radius 2 is 1.90 bits per heavy atom. The molecule has 0 aliphatic rings. The smallest absolute Gasteiger partial charge is 0.240 e. The number of sulfonamides is 1. The summed E-state index contributed by atoms with van der Waals surface area (Å²) < 4.78 is 37.0. The fourth-order valence-corrected chi connectivity index (χ4v) is 3.10. The van der Waals surface area contributed by atoms with E-state index < -0.39 is 10.0 Å². The van der Waals surface area contributed by atoms with E-state index in [1.54, 1.807) is 26.2 Å². The Morgan fingerprint density at radius 3 is 2.55 bits per heavy atom. The van der Waals surface area contributed by atoms with Crippen molar-refractivity contribution in [2.45, 2.75) is 25.2 Å². The second-order valence-electron chi connectivity index (χ2n) is 4.63. The Hall–Kier alpha value is -0.950. The zero-order chi connectivity index (χ0) is 15.0. The van der Waals surface area contributed by atoms with Gasteiger partial charge in [0, 0.05) is 20.3 Å². The van der Waals surface area contributed by atoms with Crippen molar-refractivity contribution in [1.82, 2.24) is 4.72 Å². The van der Waals surface area contributed by atoms with Crippen molar-refractivity contribution < 1.29 is 17.9 Å². The summed E-state index contributed by atoms with van der Waals surface area (Å²) in [6.07, 6.45) is 0.633. The first-order valence-corrected chi connectivity index (χ1v) is 8.09. The maximum atomic E-state index is 12.1. The average molecular weight is 301 g/mol. The standard InChI is InChI=1S/C14H23NO4S/c1-12-5-6-14(13(2)11-12)20(16,17)15-7-4-8-19-10-9-18-3/h5-6,11,15H,4,7-10H2,1-3H3. The lowest BCUT2D eigenvalue weighted by molar-refractivity contribution is 0.0699. The van der Waals surface area contributed by atoms with Gasteiger partial charge in [-0.1, -0.05) is 17.7 Å². The number of benzene rings is 1. The molecule has 0 amide bonds. The summed E-state index contributed by atoms with van der Waals surface area (Å²) in [4.78, 5) is 0.336. The molecule has 0 atom stereocenters. The monoisotopic (exact) mass is 301 g/mol. The fourth-order valence-electron chi connectivity index (χ4n) is 1.80. The Balaban J connectivity index is 2.42. The van der Waals surface area contributed by atoms with Gasteiger partial charge in [0.25, 0.3) is 0 Å². The number of methoxy groups -OCH3 is 1. The van der Waals surface area contributed by atoms with Crippen LogP contribution in [0.1, 0.15) is 17.5 Å². The molecule has 0 heterocycles. The quantitative estimate of drug-likeness (QED) is 0.704. The third kappa shape index (κ3) is 5.58. The number of hydrogen-bond donors (Lipinski definition) is 1. The Morgan fingerprint density at radius 1 is 1.15 bits per heavy atom. The second kappa shape index (κ2) is 8.36. The average Bonchev–Trinajstić information content (AvgIpc) is 2.37. The van der Waals surface area contributed by atoms with E-state index in [1.807, 2.05) is 13.0 Å². The molecule has 0 saturated heterocycles. The molecule has 5 nitrogen and oxygen atoms in total.